The fourth-order valence-corrected chi connectivity index (χ4v) is 2.36. The van der Waals surface area contributed by atoms with Crippen LogP contribution in [0.2, 0.25) is 0 Å². The molecule has 6 nitrogen and oxygen atoms in total. The monoisotopic (exact) mass is 302 g/mol. The van der Waals surface area contributed by atoms with Crippen LogP contribution in [0.25, 0.3) is 0 Å². The van der Waals surface area contributed by atoms with Gasteiger partial charge in [-0.3, -0.25) is 4.90 Å². The summed E-state index contributed by atoms with van der Waals surface area (Å²) in [6.45, 7) is 3.22. The van der Waals surface area contributed by atoms with Gasteiger partial charge in [0.15, 0.2) is 0 Å². The minimum atomic E-state index is -1.17. The number of carboxylic acid groups (broad SMARTS) is 1. The van der Waals surface area contributed by atoms with Gasteiger partial charge < -0.3 is 20.6 Å². The molecule has 0 aromatic heterocycles. The highest BCUT2D eigenvalue weighted by atomic mass is 35.5. The summed E-state index contributed by atoms with van der Waals surface area (Å²) >= 11 is 0. The minimum absolute atomic E-state index is 0. The summed E-state index contributed by atoms with van der Waals surface area (Å²) < 4.78 is 0. The predicted octanol–water partition coefficient (Wildman–Crippen LogP) is 0.451. The van der Waals surface area contributed by atoms with E-state index in [-0.39, 0.29) is 36.4 Å². The standard InChI is InChI=1S/C13H18N2O4.ClH/c16-8-11(15-5-3-14-4-6-15)9-1-2-12(17)10(7-9)13(18)19;/h1-2,7,11,14,16-17H,3-6,8H2,(H,18,19);1H/t11-;/m1./s1. The van der Waals surface area contributed by atoms with Crippen LogP contribution >= 0.6 is 12.4 Å². The van der Waals surface area contributed by atoms with E-state index in [1.54, 1.807) is 6.07 Å². The molecule has 1 aromatic rings. The number of carbonyl (C=O) groups is 1. The molecule has 0 amide bonds. The van der Waals surface area contributed by atoms with Crippen molar-refractivity contribution < 1.29 is 20.1 Å². The zero-order valence-electron chi connectivity index (χ0n) is 11.0. The number of aliphatic hydroxyl groups is 1. The van der Waals surface area contributed by atoms with Gasteiger partial charge in [0.2, 0.25) is 0 Å². The van der Waals surface area contributed by atoms with E-state index in [0.29, 0.717) is 5.56 Å². The molecule has 20 heavy (non-hydrogen) atoms. The van der Waals surface area contributed by atoms with Crippen LogP contribution in [0, 0.1) is 0 Å². The topological polar surface area (TPSA) is 93.0 Å². The summed E-state index contributed by atoms with van der Waals surface area (Å²) in [5.41, 5.74) is 0.575. The third-order valence-corrected chi connectivity index (χ3v) is 3.40. The van der Waals surface area contributed by atoms with Crippen molar-refractivity contribution in [2.45, 2.75) is 6.04 Å². The first-order valence-corrected chi connectivity index (χ1v) is 6.25. The Morgan fingerprint density at radius 1 is 1.35 bits per heavy atom. The molecular formula is C13H19ClN2O4. The second kappa shape index (κ2) is 7.44. The molecule has 1 aromatic carbocycles. The van der Waals surface area contributed by atoms with Crippen molar-refractivity contribution in [2.75, 3.05) is 32.8 Å². The highest BCUT2D eigenvalue weighted by Crippen LogP contribution is 2.26. The molecule has 0 spiro atoms. The maximum Gasteiger partial charge on any atom is 0.339 e. The van der Waals surface area contributed by atoms with Gasteiger partial charge in [0.05, 0.1) is 12.6 Å². The van der Waals surface area contributed by atoms with Crippen molar-refractivity contribution in [3.8, 4) is 5.75 Å². The Kier molecular flexibility index (Phi) is 6.22. The van der Waals surface area contributed by atoms with Gasteiger partial charge in [0, 0.05) is 26.2 Å². The van der Waals surface area contributed by atoms with Gasteiger partial charge in [0.1, 0.15) is 11.3 Å². The number of carboxylic acids is 1. The quantitative estimate of drug-likeness (QED) is 0.645. The lowest BCUT2D eigenvalue weighted by molar-refractivity contribution is 0.0692. The van der Waals surface area contributed by atoms with Crippen LogP contribution in [-0.2, 0) is 0 Å². The van der Waals surface area contributed by atoms with E-state index >= 15 is 0 Å². The molecule has 4 N–H and O–H groups in total. The van der Waals surface area contributed by atoms with Crippen LogP contribution in [-0.4, -0.2) is 59.0 Å². The molecule has 1 heterocycles. The van der Waals surface area contributed by atoms with Crippen LogP contribution in [0.3, 0.4) is 0 Å². The molecule has 0 aliphatic carbocycles. The zero-order valence-corrected chi connectivity index (χ0v) is 11.8. The average molecular weight is 303 g/mol. The number of halogens is 1. The lowest BCUT2D eigenvalue weighted by Gasteiger charge is -2.34. The Balaban J connectivity index is 0.00000200. The van der Waals surface area contributed by atoms with Crippen molar-refractivity contribution in [2.24, 2.45) is 0 Å². The predicted molar refractivity (Wildman–Crippen MR) is 76.6 cm³/mol. The molecular weight excluding hydrogens is 284 g/mol. The lowest BCUT2D eigenvalue weighted by Crippen LogP contribution is -2.46. The van der Waals surface area contributed by atoms with E-state index in [9.17, 15) is 15.0 Å². The molecule has 0 radical (unpaired) electrons. The first kappa shape index (κ1) is 16.7. The Morgan fingerprint density at radius 2 is 2.00 bits per heavy atom. The number of phenols is 1. The van der Waals surface area contributed by atoms with Crippen LogP contribution in [0.4, 0.5) is 0 Å². The molecule has 2 rings (SSSR count). The molecule has 1 atom stereocenters. The number of rotatable bonds is 4. The van der Waals surface area contributed by atoms with Gasteiger partial charge in [-0.1, -0.05) is 6.07 Å². The summed E-state index contributed by atoms with van der Waals surface area (Å²) in [5.74, 6) is -1.43. The van der Waals surface area contributed by atoms with Crippen molar-refractivity contribution in [3.05, 3.63) is 29.3 Å². The van der Waals surface area contributed by atoms with Gasteiger partial charge in [0.25, 0.3) is 0 Å². The van der Waals surface area contributed by atoms with Crippen LogP contribution in [0.1, 0.15) is 22.0 Å². The van der Waals surface area contributed by atoms with Crippen molar-refractivity contribution in [3.63, 3.8) is 0 Å². The highest BCUT2D eigenvalue weighted by molar-refractivity contribution is 5.90. The van der Waals surface area contributed by atoms with E-state index in [1.807, 2.05) is 0 Å². The third kappa shape index (κ3) is 3.61. The lowest BCUT2D eigenvalue weighted by atomic mass is 10.0. The van der Waals surface area contributed by atoms with E-state index in [4.69, 9.17) is 5.11 Å². The van der Waals surface area contributed by atoms with E-state index in [1.165, 1.54) is 12.1 Å². The SMILES string of the molecule is Cl.O=C(O)c1cc([C@@H](CO)N2CCNCC2)ccc1O. The number of nitrogens with one attached hydrogen (secondary N) is 1. The first-order valence-electron chi connectivity index (χ1n) is 6.25. The number of piperazine rings is 1. The first-order chi connectivity index (χ1) is 9.13. The van der Waals surface area contributed by atoms with E-state index < -0.39 is 5.97 Å². The third-order valence-electron chi connectivity index (χ3n) is 3.40. The van der Waals surface area contributed by atoms with Gasteiger partial charge >= 0.3 is 5.97 Å². The molecule has 1 fully saturated rings. The molecule has 0 saturated carbocycles. The van der Waals surface area contributed by atoms with Crippen LogP contribution in [0.5, 0.6) is 5.75 Å². The Bertz CT molecular complexity index is 464. The molecule has 1 aliphatic rings. The van der Waals surface area contributed by atoms with Gasteiger partial charge in [-0.25, -0.2) is 4.79 Å². The molecule has 7 heteroatoms. The summed E-state index contributed by atoms with van der Waals surface area (Å²) in [5, 5.41) is 31.3. The zero-order chi connectivity index (χ0) is 13.8. The number of nitrogens with zero attached hydrogens (tertiary/aromatic N) is 1. The highest BCUT2D eigenvalue weighted by Gasteiger charge is 2.23. The maximum atomic E-state index is 11.0. The minimum Gasteiger partial charge on any atom is -0.507 e. The number of aromatic hydroxyl groups is 1. The molecule has 1 saturated heterocycles. The maximum absolute atomic E-state index is 11.0. The summed E-state index contributed by atoms with van der Waals surface area (Å²) in [6, 6.07) is 4.22. The summed E-state index contributed by atoms with van der Waals surface area (Å²) in [4.78, 5) is 13.1. The second-order valence-corrected chi connectivity index (χ2v) is 4.57. The number of aliphatic hydroxyl groups excluding tert-OH is 1. The van der Waals surface area contributed by atoms with Crippen LogP contribution in [0.15, 0.2) is 18.2 Å². The number of benzene rings is 1. The Labute approximate surface area is 123 Å². The van der Waals surface area contributed by atoms with E-state index in [0.717, 1.165) is 26.2 Å². The van der Waals surface area contributed by atoms with Crippen molar-refractivity contribution >= 4 is 18.4 Å². The van der Waals surface area contributed by atoms with Crippen LogP contribution < -0.4 is 5.32 Å². The fraction of sp³-hybridized carbons (Fsp3) is 0.462. The van der Waals surface area contributed by atoms with Gasteiger partial charge in [-0.05, 0) is 17.7 Å². The smallest absolute Gasteiger partial charge is 0.339 e. The number of hydrogen-bond acceptors (Lipinski definition) is 5. The van der Waals surface area contributed by atoms with Crippen molar-refractivity contribution in [1.82, 2.24) is 10.2 Å². The fourth-order valence-electron chi connectivity index (χ4n) is 2.36. The van der Waals surface area contributed by atoms with Gasteiger partial charge in [-0.2, -0.15) is 0 Å². The summed E-state index contributed by atoms with van der Waals surface area (Å²) in [6.07, 6.45) is 0. The Morgan fingerprint density at radius 3 is 2.55 bits per heavy atom. The normalized spacial score (nSPS) is 17.2. The number of aromatic carboxylic acids is 1. The molecule has 112 valence electrons. The largest absolute Gasteiger partial charge is 0.507 e. The van der Waals surface area contributed by atoms with Crippen molar-refractivity contribution in [1.29, 1.82) is 0 Å². The average Bonchev–Trinajstić information content (AvgIpc) is 2.42. The Hall–Kier alpha value is -1.34. The molecule has 1 aliphatic heterocycles. The molecule has 0 unspecified atom stereocenters. The number of hydrogen-bond donors (Lipinski definition) is 4. The van der Waals surface area contributed by atoms with Gasteiger partial charge in [-0.15, -0.1) is 12.4 Å². The second-order valence-electron chi connectivity index (χ2n) is 4.57. The summed E-state index contributed by atoms with van der Waals surface area (Å²) in [7, 11) is 0. The molecule has 0 bridgehead atoms. The van der Waals surface area contributed by atoms with E-state index in [2.05, 4.69) is 10.2 Å².